The number of hydrogen-bond acceptors (Lipinski definition) is 3. The summed E-state index contributed by atoms with van der Waals surface area (Å²) in [5.41, 5.74) is 5.45. The minimum atomic E-state index is -0.670. The van der Waals surface area contributed by atoms with Crippen LogP contribution in [0.2, 0.25) is 0 Å². The van der Waals surface area contributed by atoms with Gasteiger partial charge in [-0.25, -0.2) is 0 Å². The molecule has 4 nitrogen and oxygen atoms in total. The van der Waals surface area contributed by atoms with Gasteiger partial charge in [-0.05, 0) is 58.5 Å². The molecule has 4 heteroatoms. The lowest BCUT2D eigenvalue weighted by molar-refractivity contribution is -0.127. The number of amides is 1. The molecule has 0 radical (unpaired) electrons. The van der Waals surface area contributed by atoms with Crippen molar-refractivity contribution in [3.63, 3.8) is 0 Å². The first-order chi connectivity index (χ1) is 8.50. The van der Waals surface area contributed by atoms with E-state index in [1.807, 2.05) is 6.92 Å². The monoisotopic (exact) mass is 253 g/mol. The van der Waals surface area contributed by atoms with Gasteiger partial charge in [-0.2, -0.15) is 0 Å². The van der Waals surface area contributed by atoms with Crippen molar-refractivity contribution in [2.75, 3.05) is 19.6 Å². The first kappa shape index (κ1) is 13.8. The van der Waals surface area contributed by atoms with Crippen LogP contribution in [0.15, 0.2) is 0 Å². The molecule has 3 N–H and O–H groups in total. The Morgan fingerprint density at radius 2 is 2.00 bits per heavy atom. The molecule has 0 aromatic heterocycles. The van der Waals surface area contributed by atoms with Crippen molar-refractivity contribution in [1.29, 1.82) is 0 Å². The molecule has 0 aromatic rings. The summed E-state index contributed by atoms with van der Waals surface area (Å²) in [6.07, 6.45) is 6.12. The van der Waals surface area contributed by atoms with Gasteiger partial charge in [0.2, 0.25) is 5.91 Å². The van der Waals surface area contributed by atoms with Gasteiger partial charge in [-0.15, -0.1) is 0 Å². The molecule has 104 valence electrons. The van der Waals surface area contributed by atoms with E-state index in [4.69, 9.17) is 5.73 Å². The van der Waals surface area contributed by atoms with E-state index in [-0.39, 0.29) is 11.9 Å². The highest BCUT2D eigenvalue weighted by Gasteiger charge is 2.44. The number of likely N-dealkylation sites (tertiary alicyclic amines) is 1. The Morgan fingerprint density at radius 3 is 2.56 bits per heavy atom. The van der Waals surface area contributed by atoms with E-state index in [0.717, 1.165) is 19.4 Å². The highest BCUT2D eigenvalue weighted by atomic mass is 16.2. The third-order valence-corrected chi connectivity index (χ3v) is 4.27. The Hall–Kier alpha value is -0.610. The van der Waals surface area contributed by atoms with Gasteiger partial charge in [0.25, 0.3) is 0 Å². The Balaban J connectivity index is 1.75. The lowest BCUT2D eigenvalue weighted by Gasteiger charge is -2.31. The number of piperidine rings is 1. The lowest BCUT2D eigenvalue weighted by atomic mass is 9.96. The van der Waals surface area contributed by atoms with Crippen LogP contribution in [0, 0.1) is 5.92 Å². The first-order valence-electron chi connectivity index (χ1n) is 7.32. The summed E-state index contributed by atoms with van der Waals surface area (Å²) in [7, 11) is 0. The van der Waals surface area contributed by atoms with Gasteiger partial charge >= 0.3 is 0 Å². The molecule has 1 heterocycles. The van der Waals surface area contributed by atoms with Gasteiger partial charge < -0.3 is 16.0 Å². The highest BCUT2D eigenvalue weighted by molar-refractivity contribution is 5.86. The van der Waals surface area contributed by atoms with Crippen molar-refractivity contribution in [3.05, 3.63) is 0 Å². The maximum absolute atomic E-state index is 12.1. The maximum Gasteiger partial charge on any atom is 0.240 e. The fraction of sp³-hybridized carbons (Fsp3) is 0.929. The number of hydrogen-bond donors (Lipinski definition) is 2. The summed E-state index contributed by atoms with van der Waals surface area (Å²) in [6, 6.07) is 0.192. The second kappa shape index (κ2) is 5.57. The molecular weight excluding hydrogens is 226 g/mol. The SMILES string of the molecule is CC(CN1CCCCC1)NC(=O)C(C)(N)C1CC1. The number of rotatable bonds is 5. The van der Waals surface area contributed by atoms with E-state index in [1.165, 1.54) is 32.4 Å². The molecule has 0 aromatic carbocycles. The average Bonchev–Trinajstić information content (AvgIpc) is 3.14. The molecule has 0 bridgehead atoms. The molecule has 1 saturated carbocycles. The van der Waals surface area contributed by atoms with E-state index in [0.29, 0.717) is 5.92 Å². The molecular formula is C14H27N3O. The standard InChI is InChI=1S/C14H27N3O/c1-11(10-17-8-4-3-5-9-17)16-13(18)14(2,15)12-6-7-12/h11-12H,3-10,15H2,1-2H3,(H,16,18). The zero-order valence-corrected chi connectivity index (χ0v) is 11.7. The predicted octanol–water partition coefficient (Wildman–Crippen LogP) is 1.10. The molecule has 1 saturated heterocycles. The van der Waals surface area contributed by atoms with Gasteiger partial charge in [0.1, 0.15) is 0 Å². The van der Waals surface area contributed by atoms with Crippen LogP contribution in [0.25, 0.3) is 0 Å². The number of nitrogens with one attached hydrogen (secondary N) is 1. The van der Waals surface area contributed by atoms with E-state index >= 15 is 0 Å². The van der Waals surface area contributed by atoms with Gasteiger partial charge in [-0.1, -0.05) is 6.42 Å². The lowest BCUT2D eigenvalue weighted by Crippen LogP contribution is -2.56. The van der Waals surface area contributed by atoms with Crippen LogP contribution in [0.3, 0.4) is 0 Å². The molecule has 2 aliphatic rings. The fourth-order valence-electron chi connectivity index (χ4n) is 2.82. The zero-order chi connectivity index (χ0) is 13.2. The summed E-state index contributed by atoms with van der Waals surface area (Å²) in [5.74, 6) is 0.411. The summed E-state index contributed by atoms with van der Waals surface area (Å²) in [5, 5.41) is 3.08. The van der Waals surface area contributed by atoms with Crippen LogP contribution in [0.4, 0.5) is 0 Å². The van der Waals surface area contributed by atoms with E-state index in [2.05, 4.69) is 17.1 Å². The van der Waals surface area contributed by atoms with Crippen LogP contribution in [-0.2, 0) is 4.79 Å². The van der Waals surface area contributed by atoms with Crippen molar-refractivity contribution >= 4 is 5.91 Å². The second-order valence-electron chi connectivity index (χ2n) is 6.29. The molecule has 2 atom stereocenters. The second-order valence-corrected chi connectivity index (χ2v) is 6.29. The Labute approximate surface area is 110 Å². The molecule has 0 spiro atoms. The van der Waals surface area contributed by atoms with Crippen LogP contribution in [-0.4, -0.2) is 42.0 Å². The van der Waals surface area contributed by atoms with E-state index in [9.17, 15) is 4.79 Å². The molecule has 1 amide bonds. The molecule has 1 aliphatic heterocycles. The van der Waals surface area contributed by atoms with E-state index < -0.39 is 5.54 Å². The average molecular weight is 253 g/mol. The Kier molecular flexibility index (Phi) is 4.28. The van der Waals surface area contributed by atoms with Gasteiger partial charge in [0.05, 0.1) is 5.54 Å². The Bertz CT molecular complexity index is 293. The summed E-state index contributed by atoms with van der Waals surface area (Å²) in [6.45, 7) is 7.24. The molecule has 1 aliphatic carbocycles. The summed E-state index contributed by atoms with van der Waals surface area (Å²) in [4.78, 5) is 14.6. The summed E-state index contributed by atoms with van der Waals surface area (Å²) < 4.78 is 0. The minimum Gasteiger partial charge on any atom is -0.351 e. The van der Waals surface area contributed by atoms with Crippen LogP contribution in [0.5, 0.6) is 0 Å². The summed E-state index contributed by atoms with van der Waals surface area (Å²) >= 11 is 0. The first-order valence-corrected chi connectivity index (χ1v) is 7.32. The fourth-order valence-corrected chi connectivity index (χ4v) is 2.82. The van der Waals surface area contributed by atoms with E-state index in [1.54, 1.807) is 0 Å². The minimum absolute atomic E-state index is 0.0227. The number of nitrogens with two attached hydrogens (primary N) is 1. The topological polar surface area (TPSA) is 58.4 Å². The van der Waals surface area contributed by atoms with Gasteiger partial charge in [0, 0.05) is 12.6 Å². The molecule has 18 heavy (non-hydrogen) atoms. The zero-order valence-electron chi connectivity index (χ0n) is 11.7. The smallest absolute Gasteiger partial charge is 0.240 e. The van der Waals surface area contributed by atoms with Crippen molar-refractivity contribution in [3.8, 4) is 0 Å². The number of carbonyl (C=O) groups is 1. The molecule has 2 rings (SSSR count). The normalized spacial score (nSPS) is 26.4. The van der Waals surface area contributed by atoms with Crippen LogP contribution >= 0.6 is 0 Å². The number of nitrogens with zero attached hydrogens (tertiary/aromatic N) is 1. The molecule has 2 fully saturated rings. The number of carbonyl (C=O) groups excluding carboxylic acids is 1. The molecule has 2 unspecified atom stereocenters. The predicted molar refractivity (Wildman–Crippen MR) is 73.2 cm³/mol. The Morgan fingerprint density at radius 1 is 1.39 bits per heavy atom. The quantitative estimate of drug-likeness (QED) is 0.771. The van der Waals surface area contributed by atoms with Crippen LogP contribution < -0.4 is 11.1 Å². The van der Waals surface area contributed by atoms with Crippen molar-refractivity contribution in [2.45, 2.75) is 57.5 Å². The van der Waals surface area contributed by atoms with Crippen molar-refractivity contribution in [2.24, 2.45) is 11.7 Å². The van der Waals surface area contributed by atoms with Gasteiger partial charge in [-0.3, -0.25) is 4.79 Å². The third-order valence-electron chi connectivity index (χ3n) is 4.27. The van der Waals surface area contributed by atoms with Crippen LogP contribution in [0.1, 0.15) is 46.0 Å². The van der Waals surface area contributed by atoms with Crippen molar-refractivity contribution < 1.29 is 4.79 Å². The third kappa shape index (κ3) is 3.45. The van der Waals surface area contributed by atoms with Crippen molar-refractivity contribution in [1.82, 2.24) is 10.2 Å². The van der Waals surface area contributed by atoms with Gasteiger partial charge in [0.15, 0.2) is 0 Å². The highest BCUT2D eigenvalue weighted by Crippen LogP contribution is 2.38. The largest absolute Gasteiger partial charge is 0.351 e. The maximum atomic E-state index is 12.1.